The zero-order chi connectivity index (χ0) is 19.5. The molecule has 1 aliphatic heterocycles. The van der Waals surface area contributed by atoms with Gasteiger partial charge in [-0.15, -0.1) is 0 Å². The molecule has 0 bridgehead atoms. The summed E-state index contributed by atoms with van der Waals surface area (Å²) in [5.41, 5.74) is 1.98. The zero-order valence-corrected chi connectivity index (χ0v) is 16.1. The van der Waals surface area contributed by atoms with Crippen LogP contribution in [0.3, 0.4) is 0 Å². The lowest BCUT2D eigenvalue weighted by molar-refractivity contribution is 0.182. The van der Waals surface area contributed by atoms with E-state index in [2.05, 4.69) is 29.6 Å². The third kappa shape index (κ3) is 3.79. The molecule has 1 aliphatic rings. The molecule has 5 heteroatoms. The van der Waals surface area contributed by atoms with Crippen LogP contribution in [0.1, 0.15) is 18.4 Å². The van der Waals surface area contributed by atoms with Gasteiger partial charge in [0.1, 0.15) is 0 Å². The van der Waals surface area contributed by atoms with Crippen LogP contribution in [-0.2, 0) is 13.5 Å². The van der Waals surface area contributed by atoms with Gasteiger partial charge in [0.15, 0.2) is 0 Å². The average molecular weight is 375 g/mol. The Kier molecular flexibility index (Phi) is 5.15. The van der Waals surface area contributed by atoms with Gasteiger partial charge in [0, 0.05) is 37.1 Å². The number of piperidine rings is 1. The Hall–Kier alpha value is -3.08. The number of urea groups is 1. The molecule has 0 radical (unpaired) electrons. The molecule has 1 N–H and O–H groups in total. The van der Waals surface area contributed by atoms with E-state index in [0.29, 0.717) is 17.0 Å². The van der Waals surface area contributed by atoms with Crippen molar-refractivity contribution in [2.45, 2.75) is 19.3 Å². The number of nitrogens with one attached hydrogen (secondary N) is 1. The first-order chi connectivity index (χ1) is 13.6. The minimum Gasteiger partial charge on any atom is -0.325 e. The number of hydrogen-bond donors (Lipinski definition) is 1. The SMILES string of the molecule is Cn1cc(NC(=O)N2CCC(Cc3ccccc3)CC2)c2ccccc2c1=O. The first kappa shape index (κ1) is 18.3. The monoisotopic (exact) mass is 375 g/mol. The van der Waals surface area contributed by atoms with Gasteiger partial charge >= 0.3 is 6.03 Å². The summed E-state index contributed by atoms with van der Waals surface area (Å²) in [6, 6.07) is 17.8. The Morgan fingerprint density at radius 2 is 1.64 bits per heavy atom. The summed E-state index contributed by atoms with van der Waals surface area (Å²) in [4.78, 5) is 27.0. The number of benzene rings is 2. The van der Waals surface area contributed by atoms with E-state index < -0.39 is 0 Å². The van der Waals surface area contributed by atoms with Gasteiger partial charge in [-0.3, -0.25) is 4.79 Å². The minimum absolute atomic E-state index is 0.0599. The molecule has 1 aromatic heterocycles. The number of anilines is 1. The molecule has 4 rings (SSSR count). The third-order valence-corrected chi connectivity index (χ3v) is 5.60. The molecule has 2 amide bonds. The van der Waals surface area contributed by atoms with Crippen molar-refractivity contribution in [1.29, 1.82) is 0 Å². The average Bonchev–Trinajstić information content (AvgIpc) is 2.73. The van der Waals surface area contributed by atoms with Crippen LogP contribution in [0.25, 0.3) is 10.8 Å². The molecule has 0 unspecified atom stereocenters. The van der Waals surface area contributed by atoms with Gasteiger partial charge in [0.25, 0.3) is 5.56 Å². The number of nitrogens with zero attached hydrogens (tertiary/aromatic N) is 2. The molecule has 3 aromatic rings. The van der Waals surface area contributed by atoms with Crippen LogP contribution >= 0.6 is 0 Å². The number of likely N-dealkylation sites (tertiary alicyclic amines) is 1. The summed E-state index contributed by atoms with van der Waals surface area (Å²) in [5.74, 6) is 0.616. The Balaban J connectivity index is 1.42. The highest BCUT2D eigenvalue weighted by Crippen LogP contribution is 2.24. The summed E-state index contributed by atoms with van der Waals surface area (Å²) in [5, 5.41) is 4.41. The summed E-state index contributed by atoms with van der Waals surface area (Å²) in [6.07, 6.45) is 4.79. The van der Waals surface area contributed by atoms with E-state index in [0.717, 1.165) is 37.7 Å². The molecule has 0 saturated carbocycles. The van der Waals surface area contributed by atoms with Gasteiger partial charge < -0.3 is 14.8 Å². The van der Waals surface area contributed by atoms with Crippen LogP contribution in [0.2, 0.25) is 0 Å². The summed E-state index contributed by atoms with van der Waals surface area (Å²) in [7, 11) is 1.71. The van der Waals surface area contributed by atoms with Crippen molar-refractivity contribution < 1.29 is 4.79 Å². The lowest BCUT2D eigenvalue weighted by Crippen LogP contribution is -2.41. The van der Waals surface area contributed by atoms with E-state index >= 15 is 0 Å². The van der Waals surface area contributed by atoms with Crippen LogP contribution in [-0.4, -0.2) is 28.6 Å². The van der Waals surface area contributed by atoms with Crippen LogP contribution < -0.4 is 10.9 Å². The van der Waals surface area contributed by atoms with Gasteiger partial charge in [0.2, 0.25) is 0 Å². The first-order valence-corrected chi connectivity index (χ1v) is 9.80. The Bertz CT molecular complexity index is 1030. The van der Waals surface area contributed by atoms with Crippen LogP contribution in [0.5, 0.6) is 0 Å². The minimum atomic E-state index is -0.0954. The van der Waals surface area contributed by atoms with Crippen molar-refractivity contribution in [1.82, 2.24) is 9.47 Å². The van der Waals surface area contributed by atoms with Gasteiger partial charge in [-0.2, -0.15) is 0 Å². The smallest absolute Gasteiger partial charge is 0.321 e. The van der Waals surface area contributed by atoms with Gasteiger partial charge in [0.05, 0.1) is 5.69 Å². The number of rotatable bonds is 3. The maximum Gasteiger partial charge on any atom is 0.321 e. The van der Waals surface area contributed by atoms with Crippen LogP contribution in [0, 0.1) is 5.92 Å². The van der Waals surface area contributed by atoms with Gasteiger partial charge in [-0.1, -0.05) is 48.5 Å². The van der Waals surface area contributed by atoms with Crippen LogP contribution in [0.15, 0.2) is 65.6 Å². The molecular weight excluding hydrogens is 350 g/mol. The second-order valence-electron chi connectivity index (χ2n) is 7.55. The number of amides is 2. The second-order valence-corrected chi connectivity index (χ2v) is 7.55. The van der Waals surface area contributed by atoms with Crippen molar-refractivity contribution in [2.75, 3.05) is 18.4 Å². The van der Waals surface area contributed by atoms with E-state index in [9.17, 15) is 9.59 Å². The van der Waals surface area contributed by atoms with Crippen molar-refractivity contribution >= 4 is 22.5 Å². The highest BCUT2D eigenvalue weighted by Gasteiger charge is 2.23. The highest BCUT2D eigenvalue weighted by molar-refractivity contribution is 6.00. The fourth-order valence-corrected chi connectivity index (χ4v) is 4.00. The van der Waals surface area contributed by atoms with E-state index in [4.69, 9.17) is 0 Å². The van der Waals surface area contributed by atoms with E-state index in [1.807, 2.05) is 29.2 Å². The molecular formula is C23H25N3O2. The van der Waals surface area contributed by atoms with Gasteiger partial charge in [-0.25, -0.2) is 4.79 Å². The third-order valence-electron chi connectivity index (χ3n) is 5.60. The number of fused-ring (bicyclic) bond motifs is 1. The summed E-state index contributed by atoms with van der Waals surface area (Å²) < 4.78 is 1.52. The summed E-state index contributed by atoms with van der Waals surface area (Å²) >= 11 is 0. The fourth-order valence-electron chi connectivity index (χ4n) is 4.00. The summed E-state index contributed by atoms with van der Waals surface area (Å²) in [6.45, 7) is 1.51. The van der Waals surface area contributed by atoms with E-state index in [1.54, 1.807) is 19.3 Å². The number of carbonyl (C=O) groups is 1. The standard InChI is InChI=1S/C23H25N3O2/c1-25-16-21(19-9-5-6-10-20(19)22(25)27)24-23(28)26-13-11-18(12-14-26)15-17-7-3-2-4-8-17/h2-10,16,18H,11-15H2,1H3,(H,24,28). The Labute approximate surface area is 164 Å². The van der Waals surface area contributed by atoms with Crippen molar-refractivity contribution in [3.63, 3.8) is 0 Å². The van der Waals surface area contributed by atoms with Crippen LogP contribution in [0.4, 0.5) is 10.5 Å². The van der Waals surface area contributed by atoms with Crippen molar-refractivity contribution in [3.8, 4) is 0 Å². The maximum absolute atomic E-state index is 12.8. The Morgan fingerprint density at radius 3 is 2.36 bits per heavy atom. The molecule has 0 aliphatic carbocycles. The molecule has 144 valence electrons. The normalized spacial score (nSPS) is 15.0. The fraction of sp³-hybridized carbons (Fsp3) is 0.304. The number of carbonyl (C=O) groups excluding carboxylic acids is 1. The number of aromatic nitrogens is 1. The first-order valence-electron chi connectivity index (χ1n) is 9.80. The van der Waals surface area contributed by atoms with Gasteiger partial charge in [-0.05, 0) is 36.8 Å². The maximum atomic E-state index is 12.8. The topological polar surface area (TPSA) is 54.3 Å². The quantitative estimate of drug-likeness (QED) is 0.752. The lowest BCUT2D eigenvalue weighted by atomic mass is 9.90. The van der Waals surface area contributed by atoms with E-state index in [1.165, 1.54) is 10.1 Å². The lowest BCUT2D eigenvalue weighted by Gasteiger charge is -2.32. The molecule has 1 saturated heterocycles. The molecule has 28 heavy (non-hydrogen) atoms. The van der Waals surface area contributed by atoms with Crippen molar-refractivity contribution in [3.05, 3.63) is 76.7 Å². The predicted molar refractivity (Wildman–Crippen MR) is 113 cm³/mol. The number of aryl methyl sites for hydroxylation is 1. The largest absolute Gasteiger partial charge is 0.325 e. The van der Waals surface area contributed by atoms with E-state index in [-0.39, 0.29) is 11.6 Å². The molecule has 2 aromatic carbocycles. The molecule has 2 heterocycles. The molecule has 0 atom stereocenters. The molecule has 0 spiro atoms. The Morgan fingerprint density at radius 1 is 1.00 bits per heavy atom. The zero-order valence-electron chi connectivity index (χ0n) is 16.1. The second kappa shape index (κ2) is 7.89. The number of pyridine rings is 1. The molecule has 1 fully saturated rings. The predicted octanol–water partition coefficient (Wildman–Crippen LogP) is 4.03. The molecule has 5 nitrogen and oxygen atoms in total. The van der Waals surface area contributed by atoms with Crippen molar-refractivity contribution in [2.24, 2.45) is 13.0 Å². The number of hydrogen-bond acceptors (Lipinski definition) is 2. The highest BCUT2D eigenvalue weighted by atomic mass is 16.2.